The van der Waals surface area contributed by atoms with Crippen molar-refractivity contribution in [2.75, 3.05) is 0 Å². The number of fused-ring (bicyclic) bond motifs is 6. The Labute approximate surface area is 264 Å². The van der Waals surface area contributed by atoms with E-state index >= 15 is 0 Å². The fourth-order valence-corrected chi connectivity index (χ4v) is 6.66. The van der Waals surface area contributed by atoms with Crippen molar-refractivity contribution in [3.8, 4) is 41.0 Å². The van der Waals surface area contributed by atoms with Gasteiger partial charge >= 0.3 is 0 Å². The first-order valence-electron chi connectivity index (χ1n) is 14.8. The van der Waals surface area contributed by atoms with Crippen molar-refractivity contribution >= 4 is 43.6 Å². The third-order valence-corrected chi connectivity index (χ3v) is 8.55. The predicted octanol–water partition coefficient (Wildman–Crippen LogP) is 8.57. The molecule has 8 aromatic rings. The van der Waals surface area contributed by atoms with Gasteiger partial charge in [0, 0.05) is 38.5 Å². The van der Waals surface area contributed by atoms with Gasteiger partial charge in [-0.05, 0) is 68.4 Å². The van der Waals surface area contributed by atoms with Gasteiger partial charge in [-0.1, -0.05) is 48.5 Å². The summed E-state index contributed by atoms with van der Waals surface area (Å²) in [4.78, 5) is 9.49. The lowest BCUT2D eigenvalue weighted by Gasteiger charge is -2.19. The minimum absolute atomic E-state index is 0.421. The molecule has 0 aliphatic carbocycles. The van der Waals surface area contributed by atoms with Crippen LogP contribution in [-0.2, 0) is 0 Å². The number of aromatic nitrogens is 4. The first kappa shape index (κ1) is 26.8. The molecule has 0 aliphatic rings. The van der Waals surface area contributed by atoms with E-state index < -0.39 is 0 Å². The van der Waals surface area contributed by atoms with Crippen LogP contribution in [0.5, 0.6) is 0 Å². The molecule has 0 bridgehead atoms. The van der Waals surface area contributed by atoms with E-state index in [4.69, 9.17) is 9.97 Å². The van der Waals surface area contributed by atoms with Crippen LogP contribution in [0.1, 0.15) is 28.1 Å². The zero-order chi connectivity index (χ0) is 31.5. The zero-order valence-electron chi connectivity index (χ0n) is 24.9. The van der Waals surface area contributed by atoms with Gasteiger partial charge in [0.15, 0.2) is 5.82 Å². The summed E-state index contributed by atoms with van der Waals surface area (Å²) >= 11 is 0. The Bertz CT molecular complexity index is 2690. The minimum atomic E-state index is 0.421. The summed E-state index contributed by atoms with van der Waals surface area (Å²) in [6.07, 6.45) is 0. The molecule has 0 saturated carbocycles. The van der Waals surface area contributed by atoms with Gasteiger partial charge in [-0.3, -0.25) is 0 Å². The summed E-state index contributed by atoms with van der Waals surface area (Å²) in [5.41, 5.74) is 8.83. The average Bonchev–Trinajstić information content (AvgIpc) is 3.59. The van der Waals surface area contributed by atoms with Gasteiger partial charge in [0.05, 0.1) is 68.3 Å². The van der Waals surface area contributed by atoms with Crippen LogP contribution in [-0.4, -0.2) is 19.1 Å². The van der Waals surface area contributed by atoms with Gasteiger partial charge in [0.25, 0.3) is 0 Å². The summed E-state index contributed by atoms with van der Waals surface area (Å²) in [6.45, 7) is 3.83. The Morgan fingerprint density at radius 1 is 0.500 bits per heavy atom. The Kier molecular flexibility index (Phi) is 5.93. The largest absolute Gasteiger partial charge is 0.307 e. The lowest BCUT2D eigenvalue weighted by atomic mass is 10.0. The van der Waals surface area contributed by atoms with E-state index in [0.29, 0.717) is 28.1 Å². The lowest BCUT2D eigenvalue weighted by Crippen LogP contribution is -2.06. The quantitative estimate of drug-likeness (QED) is 0.205. The summed E-state index contributed by atoms with van der Waals surface area (Å²) in [7, 11) is 0. The zero-order valence-corrected chi connectivity index (χ0v) is 24.9. The molecule has 0 unspecified atom stereocenters. The molecule has 214 valence electrons. The Morgan fingerprint density at radius 2 is 0.978 bits per heavy atom. The maximum atomic E-state index is 10.6. The molecule has 7 nitrogen and oxygen atoms in total. The van der Waals surface area contributed by atoms with Crippen LogP contribution in [0.15, 0.2) is 103 Å². The first-order valence-corrected chi connectivity index (χ1v) is 14.8. The molecule has 0 amide bonds. The van der Waals surface area contributed by atoms with E-state index in [9.17, 15) is 15.8 Å². The maximum absolute atomic E-state index is 10.6. The highest BCUT2D eigenvalue weighted by Crippen LogP contribution is 2.40. The van der Waals surface area contributed by atoms with Crippen LogP contribution < -0.4 is 0 Å². The molecule has 8 rings (SSSR count). The van der Waals surface area contributed by atoms with Crippen molar-refractivity contribution in [3.63, 3.8) is 0 Å². The average molecular weight is 590 g/mol. The van der Waals surface area contributed by atoms with Crippen molar-refractivity contribution in [1.82, 2.24) is 19.1 Å². The van der Waals surface area contributed by atoms with Crippen LogP contribution in [0, 0.1) is 47.8 Å². The van der Waals surface area contributed by atoms with Gasteiger partial charge in [0.1, 0.15) is 0 Å². The smallest absolute Gasteiger partial charge is 0.161 e. The summed E-state index contributed by atoms with van der Waals surface area (Å²) in [5.74, 6) is 0.467. The molecular formula is C39H23N7. The highest BCUT2D eigenvalue weighted by Gasteiger charge is 2.23. The Balaban J connectivity index is 1.60. The molecule has 0 spiro atoms. The number of benzene rings is 5. The van der Waals surface area contributed by atoms with E-state index in [2.05, 4.69) is 51.6 Å². The normalized spacial score (nSPS) is 11.2. The van der Waals surface area contributed by atoms with Crippen molar-refractivity contribution in [2.45, 2.75) is 13.8 Å². The third-order valence-electron chi connectivity index (χ3n) is 8.55. The van der Waals surface area contributed by atoms with E-state index in [1.807, 2.05) is 92.7 Å². The predicted molar refractivity (Wildman–Crippen MR) is 180 cm³/mol. The SMILES string of the molecule is Cc1cc(C)nc(-c2cc(-n3c4ccccc4c4ccc(C#N)cc43)c(-n3c4ccccc4c4ccc(C#N)cc43)cc2C#N)n1. The van der Waals surface area contributed by atoms with Crippen molar-refractivity contribution in [1.29, 1.82) is 15.8 Å². The maximum Gasteiger partial charge on any atom is 0.161 e. The fourth-order valence-electron chi connectivity index (χ4n) is 6.66. The van der Waals surface area contributed by atoms with E-state index in [1.54, 1.807) is 0 Å². The second-order valence-corrected chi connectivity index (χ2v) is 11.4. The number of aryl methyl sites for hydroxylation is 2. The highest BCUT2D eigenvalue weighted by molar-refractivity contribution is 6.12. The number of nitrogens with zero attached hydrogens (tertiary/aromatic N) is 7. The molecule has 0 N–H and O–H groups in total. The van der Waals surface area contributed by atoms with Gasteiger partial charge in [-0.15, -0.1) is 0 Å². The molecule has 46 heavy (non-hydrogen) atoms. The van der Waals surface area contributed by atoms with Crippen LogP contribution in [0.4, 0.5) is 0 Å². The lowest BCUT2D eigenvalue weighted by molar-refractivity contribution is 1.05. The molecule has 0 fully saturated rings. The number of nitriles is 3. The second-order valence-electron chi connectivity index (χ2n) is 11.4. The minimum Gasteiger partial charge on any atom is -0.307 e. The standard InChI is InChI=1S/C39H23N7/c1-23-15-24(2)44-39(43-23)32-19-38(46-34-10-6-4-8-29(34)31-14-12-26(21-41)17-36(31)46)37(18-27(32)22-42)45-33-9-5-3-7-28(33)30-13-11-25(20-40)16-35(30)45/h3-19H,1-2H3. The fraction of sp³-hybridized carbons (Fsp3) is 0.0513. The topological polar surface area (TPSA) is 107 Å². The van der Waals surface area contributed by atoms with Gasteiger partial charge in [-0.25, -0.2) is 9.97 Å². The summed E-state index contributed by atoms with van der Waals surface area (Å²) in [5, 5.41) is 34.4. The molecule has 0 atom stereocenters. The highest BCUT2D eigenvalue weighted by atomic mass is 15.1. The second kappa shape index (κ2) is 10.2. The van der Waals surface area contributed by atoms with Crippen molar-refractivity contribution < 1.29 is 0 Å². The first-order chi connectivity index (χ1) is 22.5. The molecule has 3 heterocycles. The molecule has 0 aliphatic heterocycles. The van der Waals surface area contributed by atoms with Crippen LogP contribution in [0.3, 0.4) is 0 Å². The molecular weight excluding hydrogens is 566 g/mol. The van der Waals surface area contributed by atoms with E-state index in [-0.39, 0.29) is 0 Å². The van der Waals surface area contributed by atoms with Gasteiger partial charge in [-0.2, -0.15) is 15.8 Å². The van der Waals surface area contributed by atoms with Crippen LogP contribution in [0.25, 0.3) is 66.4 Å². The Hall–Kier alpha value is -6.75. The van der Waals surface area contributed by atoms with Crippen LogP contribution in [0.2, 0.25) is 0 Å². The van der Waals surface area contributed by atoms with Crippen molar-refractivity contribution in [2.24, 2.45) is 0 Å². The van der Waals surface area contributed by atoms with Crippen molar-refractivity contribution in [3.05, 3.63) is 131 Å². The summed E-state index contributed by atoms with van der Waals surface area (Å²) < 4.78 is 4.28. The van der Waals surface area contributed by atoms with E-state index in [0.717, 1.165) is 66.4 Å². The van der Waals surface area contributed by atoms with Crippen LogP contribution >= 0.6 is 0 Å². The number of rotatable bonds is 3. The van der Waals surface area contributed by atoms with E-state index in [1.165, 1.54) is 0 Å². The Morgan fingerprint density at radius 3 is 1.48 bits per heavy atom. The number of para-hydroxylation sites is 2. The van der Waals surface area contributed by atoms with Gasteiger partial charge in [0.2, 0.25) is 0 Å². The number of hydrogen-bond donors (Lipinski definition) is 0. The van der Waals surface area contributed by atoms with Gasteiger partial charge < -0.3 is 9.13 Å². The monoisotopic (exact) mass is 589 g/mol. The molecule has 5 aromatic carbocycles. The molecule has 0 radical (unpaired) electrons. The summed E-state index contributed by atoms with van der Waals surface area (Å²) in [6, 6.07) is 40.5. The number of hydrogen-bond acceptors (Lipinski definition) is 5. The molecule has 3 aromatic heterocycles. The molecule has 0 saturated heterocycles. The molecule has 7 heteroatoms. The third kappa shape index (κ3) is 3.95.